The molecular weight excluding hydrogens is 246 g/mol. The van der Waals surface area contributed by atoms with E-state index in [0.29, 0.717) is 11.4 Å². The topological polar surface area (TPSA) is 38.0 Å². The lowest BCUT2D eigenvalue weighted by atomic mass is 10.2. The summed E-state index contributed by atoms with van der Waals surface area (Å²) in [5.74, 6) is -1.49. The molecule has 17 heavy (non-hydrogen) atoms. The Bertz CT molecular complexity index is 535. The van der Waals surface area contributed by atoms with Crippen LogP contribution in [-0.2, 0) is 0 Å². The molecule has 0 spiro atoms. The van der Waals surface area contributed by atoms with Gasteiger partial charge in [0.1, 0.15) is 5.82 Å². The summed E-state index contributed by atoms with van der Waals surface area (Å²) in [4.78, 5) is 0. The molecule has 0 radical (unpaired) electrons. The first-order chi connectivity index (χ1) is 8.08. The van der Waals surface area contributed by atoms with Crippen molar-refractivity contribution in [2.75, 3.05) is 11.1 Å². The van der Waals surface area contributed by atoms with Crippen LogP contribution in [0.2, 0.25) is 5.02 Å². The molecule has 0 bridgehead atoms. The Morgan fingerprint density at radius 3 is 2.47 bits per heavy atom. The van der Waals surface area contributed by atoms with E-state index in [1.54, 1.807) is 24.3 Å². The fourth-order valence-electron chi connectivity index (χ4n) is 1.41. The molecule has 0 aliphatic rings. The van der Waals surface area contributed by atoms with Gasteiger partial charge in [-0.05, 0) is 18.2 Å². The van der Waals surface area contributed by atoms with Gasteiger partial charge in [-0.3, -0.25) is 0 Å². The summed E-state index contributed by atoms with van der Waals surface area (Å²) in [7, 11) is 0. The second-order valence-corrected chi connectivity index (χ2v) is 3.86. The summed E-state index contributed by atoms with van der Waals surface area (Å²) in [5.41, 5.74) is 6.67. The van der Waals surface area contributed by atoms with Crippen LogP contribution in [0.1, 0.15) is 0 Å². The molecule has 0 aromatic heterocycles. The van der Waals surface area contributed by atoms with Crippen molar-refractivity contribution in [3.05, 3.63) is 53.1 Å². The Labute approximate surface area is 102 Å². The van der Waals surface area contributed by atoms with E-state index in [0.717, 1.165) is 12.1 Å². The first kappa shape index (κ1) is 11.7. The smallest absolute Gasteiger partial charge is 0.151 e. The Morgan fingerprint density at radius 1 is 1.12 bits per heavy atom. The molecule has 0 amide bonds. The lowest BCUT2D eigenvalue weighted by Crippen LogP contribution is -1.99. The van der Waals surface area contributed by atoms with Crippen molar-refractivity contribution in [3.63, 3.8) is 0 Å². The van der Waals surface area contributed by atoms with Gasteiger partial charge in [-0.15, -0.1) is 0 Å². The molecule has 88 valence electrons. The van der Waals surface area contributed by atoms with E-state index >= 15 is 0 Å². The van der Waals surface area contributed by atoms with Crippen molar-refractivity contribution in [2.45, 2.75) is 0 Å². The molecule has 0 heterocycles. The molecular formula is C12H9ClF2N2. The van der Waals surface area contributed by atoms with Crippen LogP contribution in [0.25, 0.3) is 0 Å². The monoisotopic (exact) mass is 254 g/mol. The number of nitrogens with one attached hydrogen (secondary N) is 1. The molecule has 0 fully saturated rings. The van der Waals surface area contributed by atoms with Gasteiger partial charge in [0, 0.05) is 6.07 Å². The third-order valence-electron chi connectivity index (χ3n) is 2.23. The molecule has 0 saturated heterocycles. The molecule has 2 aromatic carbocycles. The normalized spacial score (nSPS) is 10.3. The minimum absolute atomic E-state index is 0.00552. The van der Waals surface area contributed by atoms with Crippen molar-refractivity contribution in [1.29, 1.82) is 0 Å². The lowest BCUT2D eigenvalue weighted by molar-refractivity contribution is 0.586. The van der Waals surface area contributed by atoms with E-state index in [-0.39, 0.29) is 10.7 Å². The van der Waals surface area contributed by atoms with Crippen molar-refractivity contribution in [1.82, 2.24) is 0 Å². The first-order valence-electron chi connectivity index (χ1n) is 4.84. The SMILES string of the molecule is Nc1ccccc1Nc1c(F)cc(F)cc1Cl. The van der Waals surface area contributed by atoms with Gasteiger partial charge in [0.25, 0.3) is 0 Å². The van der Waals surface area contributed by atoms with E-state index in [1.807, 2.05) is 0 Å². The molecule has 5 heteroatoms. The maximum atomic E-state index is 13.5. The molecule has 2 nitrogen and oxygen atoms in total. The number of halogens is 3. The standard InChI is InChI=1S/C12H9ClF2N2/c13-8-5-7(14)6-9(15)12(8)17-11-4-2-1-3-10(11)16/h1-6,17H,16H2. The largest absolute Gasteiger partial charge is 0.397 e. The van der Waals surface area contributed by atoms with E-state index in [4.69, 9.17) is 17.3 Å². The predicted octanol–water partition coefficient (Wildman–Crippen LogP) is 3.94. The van der Waals surface area contributed by atoms with Gasteiger partial charge in [-0.2, -0.15) is 0 Å². The second kappa shape index (κ2) is 4.59. The zero-order valence-corrected chi connectivity index (χ0v) is 9.43. The van der Waals surface area contributed by atoms with Gasteiger partial charge in [0.05, 0.1) is 22.1 Å². The highest BCUT2D eigenvalue weighted by molar-refractivity contribution is 6.33. The lowest BCUT2D eigenvalue weighted by Gasteiger charge is -2.11. The average molecular weight is 255 g/mol. The summed E-state index contributed by atoms with van der Waals surface area (Å²) in [6.45, 7) is 0. The molecule has 3 N–H and O–H groups in total. The predicted molar refractivity (Wildman–Crippen MR) is 65.5 cm³/mol. The number of hydrogen-bond acceptors (Lipinski definition) is 2. The highest BCUT2D eigenvalue weighted by atomic mass is 35.5. The summed E-state index contributed by atoms with van der Waals surface area (Å²) in [5, 5.41) is 2.70. The van der Waals surface area contributed by atoms with Crippen LogP contribution in [0.4, 0.5) is 25.8 Å². The molecule has 0 atom stereocenters. The van der Waals surface area contributed by atoms with Gasteiger partial charge in [-0.25, -0.2) is 8.78 Å². The van der Waals surface area contributed by atoms with Crippen LogP contribution in [0, 0.1) is 11.6 Å². The van der Waals surface area contributed by atoms with Gasteiger partial charge in [-0.1, -0.05) is 23.7 Å². The molecule has 2 rings (SSSR count). The zero-order chi connectivity index (χ0) is 12.4. The van der Waals surface area contributed by atoms with Crippen LogP contribution < -0.4 is 11.1 Å². The molecule has 0 aliphatic carbocycles. The number of nitrogen functional groups attached to an aromatic ring is 1. The van der Waals surface area contributed by atoms with E-state index < -0.39 is 11.6 Å². The number of hydrogen-bond donors (Lipinski definition) is 2. The molecule has 0 aliphatic heterocycles. The van der Waals surface area contributed by atoms with Gasteiger partial charge in [0.2, 0.25) is 0 Å². The fraction of sp³-hybridized carbons (Fsp3) is 0. The van der Waals surface area contributed by atoms with Crippen molar-refractivity contribution in [2.24, 2.45) is 0 Å². The third kappa shape index (κ3) is 2.47. The highest BCUT2D eigenvalue weighted by Crippen LogP contribution is 2.31. The summed E-state index contributed by atoms with van der Waals surface area (Å²) in [6.07, 6.45) is 0. The number of anilines is 3. The van der Waals surface area contributed by atoms with E-state index in [2.05, 4.69) is 5.32 Å². The minimum atomic E-state index is -0.766. The number of rotatable bonds is 2. The van der Waals surface area contributed by atoms with Crippen LogP contribution in [0.3, 0.4) is 0 Å². The first-order valence-corrected chi connectivity index (χ1v) is 5.22. The zero-order valence-electron chi connectivity index (χ0n) is 8.68. The average Bonchev–Trinajstić information content (AvgIpc) is 2.25. The van der Waals surface area contributed by atoms with Gasteiger partial charge >= 0.3 is 0 Å². The Balaban J connectivity index is 2.40. The van der Waals surface area contributed by atoms with Crippen LogP contribution in [0.5, 0.6) is 0 Å². The maximum Gasteiger partial charge on any atom is 0.151 e. The quantitative estimate of drug-likeness (QED) is 0.797. The second-order valence-electron chi connectivity index (χ2n) is 3.46. The number of para-hydroxylation sites is 2. The maximum absolute atomic E-state index is 13.5. The summed E-state index contributed by atoms with van der Waals surface area (Å²) in [6, 6.07) is 8.63. The Hall–Kier alpha value is -1.81. The number of nitrogens with two attached hydrogens (primary N) is 1. The molecule has 2 aromatic rings. The summed E-state index contributed by atoms with van der Waals surface area (Å²) < 4.78 is 26.4. The van der Waals surface area contributed by atoms with Crippen LogP contribution >= 0.6 is 11.6 Å². The van der Waals surface area contributed by atoms with Gasteiger partial charge in [0.15, 0.2) is 5.82 Å². The summed E-state index contributed by atoms with van der Waals surface area (Å²) >= 11 is 5.75. The third-order valence-corrected chi connectivity index (χ3v) is 2.53. The number of benzene rings is 2. The minimum Gasteiger partial charge on any atom is -0.397 e. The van der Waals surface area contributed by atoms with E-state index in [9.17, 15) is 8.78 Å². The molecule has 0 saturated carbocycles. The fourth-order valence-corrected chi connectivity index (χ4v) is 1.65. The highest BCUT2D eigenvalue weighted by Gasteiger charge is 2.10. The molecule has 0 unspecified atom stereocenters. The van der Waals surface area contributed by atoms with Crippen molar-refractivity contribution >= 4 is 28.7 Å². The van der Waals surface area contributed by atoms with Crippen LogP contribution in [-0.4, -0.2) is 0 Å². The van der Waals surface area contributed by atoms with E-state index in [1.165, 1.54) is 0 Å². The van der Waals surface area contributed by atoms with Crippen molar-refractivity contribution < 1.29 is 8.78 Å². The Morgan fingerprint density at radius 2 is 1.82 bits per heavy atom. The van der Waals surface area contributed by atoms with Crippen LogP contribution in [0.15, 0.2) is 36.4 Å². The van der Waals surface area contributed by atoms with Gasteiger partial charge < -0.3 is 11.1 Å². The Kier molecular flexibility index (Phi) is 3.15. The van der Waals surface area contributed by atoms with Crippen molar-refractivity contribution in [3.8, 4) is 0 Å².